The van der Waals surface area contributed by atoms with Crippen molar-refractivity contribution < 1.29 is 19.2 Å². The van der Waals surface area contributed by atoms with Crippen LogP contribution in [0.2, 0.25) is 0 Å². The van der Waals surface area contributed by atoms with E-state index in [-0.39, 0.29) is 61.0 Å². The molecule has 7 nitrogen and oxygen atoms in total. The van der Waals surface area contributed by atoms with E-state index in [0.717, 1.165) is 41.3 Å². The van der Waals surface area contributed by atoms with Gasteiger partial charge in [0.1, 0.15) is 6.04 Å². The Morgan fingerprint density at radius 2 is 1.57 bits per heavy atom. The minimum atomic E-state index is -0.730. The van der Waals surface area contributed by atoms with Crippen molar-refractivity contribution in [2.45, 2.75) is 70.0 Å². The lowest BCUT2D eigenvalue weighted by Gasteiger charge is -2.33. The van der Waals surface area contributed by atoms with Crippen LogP contribution in [0.4, 0.5) is 0 Å². The molecule has 8 heteroatoms. The molecule has 2 aliphatic carbocycles. The first kappa shape index (κ1) is 28.3. The average molecular weight is 607 g/mol. The summed E-state index contributed by atoms with van der Waals surface area (Å²) in [5.74, 6) is -1.45. The lowest BCUT2D eigenvalue weighted by molar-refractivity contribution is -0.144. The normalized spacial score (nSPS) is 21.4. The quantitative estimate of drug-likeness (QED) is 0.312. The number of carbonyl (C=O) groups excluding carboxylic acids is 4. The highest BCUT2D eigenvalue weighted by atomic mass is 79.9. The van der Waals surface area contributed by atoms with Crippen LogP contribution >= 0.6 is 15.9 Å². The van der Waals surface area contributed by atoms with Gasteiger partial charge in [0.2, 0.25) is 23.6 Å². The molecule has 40 heavy (non-hydrogen) atoms. The molecule has 1 saturated carbocycles. The molecule has 0 unspecified atom stereocenters. The van der Waals surface area contributed by atoms with Crippen LogP contribution in [0, 0.1) is 11.8 Å². The number of likely N-dealkylation sites (tertiary alicyclic amines) is 1. The van der Waals surface area contributed by atoms with Gasteiger partial charge in [-0.05, 0) is 48.9 Å². The summed E-state index contributed by atoms with van der Waals surface area (Å²) in [5, 5.41) is 3.21. The molecule has 0 aromatic heterocycles. The van der Waals surface area contributed by atoms with E-state index in [0.29, 0.717) is 19.3 Å². The van der Waals surface area contributed by atoms with E-state index in [9.17, 15) is 19.2 Å². The number of nitrogens with zero attached hydrogens (tertiary/aromatic N) is 2. The van der Waals surface area contributed by atoms with Gasteiger partial charge in [-0.1, -0.05) is 83.4 Å². The van der Waals surface area contributed by atoms with Gasteiger partial charge in [0.05, 0.1) is 11.8 Å². The molecule has 1 N–H and O–H groups in total. The lowest BCUT2D eigenvalue weighted by Crippen LogP contribution is -2.52. The molecule has 2 fully saturated rings. The maximum Gasteiger partial charge on any atom is 0.243 e. The van der Waals surface area contributed by atoms with Crippen LogP contribution < -0.4 is 5.32 Å². The molecule has 0 bridgehead atoms. The van der Waals surface area contributed by atoms with Crippen LogP contribution in [-0.2, 0) is 32.1 Å². The van der Waals surface area contributed by atoms with E-state index < -0.39 is 6.04 Å². The number of carbonyl (C=O) groups is 4. The first-order valence-electron chi connectivity index (χ1n) is 14.3. The smallest absolute Gasteiger partial charge is 0.243 e. The third-order valence-corrected chi connectivity index (χ3v) is 8.86. The van der Waals surface area contributed by atoms with E-state index in [1.54, 1.807) is 4.90 Å². The molecular weight excluding hydrogens is 570 g/mol. The summed E-state index contributed by atoms with van der Waals surface area (Å²) in [4.78, 5) is 56.7. The molecule has 0 radical (unpaired) electrons. The number of hydrogen-bond acceptors (Lipinski definition) is 4. The van der Waals surface area contributed by atoms with Crippen LogP contribution in [0.15, 0.2) is 71.2 Å². The summed E-state index contributed by atoms with van der Waals surface area (Å²) in [6, 6.07) is 16.8. The van der Waals surface area contributed by atoms with Crippen LogP contribution in [0.5, 0.6) is 0 Å². The summed E-state index contributed by atoms with van der Waals surface area (Å²) in [5.41, 5.74) is 1.85. The van der Waals surface area contributed by atoms with Crippen molar-refractivity contribution in [3.8, 4) is 0 Å². The number of nitrogens with one attached hydrogen (secondary N) is 1. The van der Waals surface area contributed by atoms with Crippen molar-refractivity contribution in [2.24, 2.45) is 11.8 Å². The molecule has 210 valence electrons. The highest BCUT2D eigenvalue weighted by Crippen LogP contribution is 2.35. The zero-order chi connectivity index (χ0) is 28.1. The van der Waals surface area contributed by atoms with Crippen LogP contribution in [0.25, 0.3) is 0 Å². The lowest BCUT2D eigenvalue weighted by atomic mass is 9.85. The second-order valence-corrected chi connectivity index (χ2v) is 12.0. The fourth-order valence-electron chi connectivity index (χ4n) is 6.19. The summed E-state index contributed by atoms with van der Waals surface area (Å²) in [6.07, 6.45) is 9.45. The minimum absolute atomic E-state index is 0.0274. The second-order valence-electron chi connectivity index (χ2n) is 11.1. The van der Waals surface area contributed by atoms with Gasteiger partial charge < -0.3 is 10.2 Å². The van der Waals surface area contributed by atoms with E-state index >= 15 is 0 Å². The molecule has 0 spiro atoms. The van der Waals surface area contributed by atoms with Crippen molar-refractivity contribution in [1.82, 2.24) is 15.1 Å². The average Bonchev–Trinajstić information content (AvgIpc) is 3.56. The standard InChI is InChI=1S/C32H36BrN3O4/c33-24-12-8-11-23(19-24)21-36(29(37)17-18-35-31(39)26-15-6-7-16-27(26)32(35)40)28(20-22-9-2-1-3-10-22)30(38)34-25-13-4-5-14-25/h1-3,6-12,19,25-28H,4-5,13-18,20-21H2,(H,34,38)/t26-,27+,28-/m0/s1. The first-order chi connectivity index (χ1) is 19.4. The molecule has 1 saturated heterocycles. The van der Waals surface area contributed by atoms with E-state index in [1.165, 1.54) is 4.90 Å². The van der Waals surface area contributed by atoms with Gasteiger partial charge >= 0.3 is 0 Å². The van der Waals surface area contributed by atoms with Gasteiger partial charge in [-0.25, -0.2) is 0 Å². The molecule has 3 aliphatic rings. The Balaban J connectivity index is 1.39. The van der Waals surface area contributed by atoms with Crippen molar-refractivity contribution in [3.63, 3.8) is 0 Å². The summed E-state index contributed by atoms with van der Waals surface area (Å²) in [7, 11) is 0. The first-order valence-corrected chi connectivity index (χ1v) is 15.1. The number of imide groups is 1. The summed E-state index contributed by atoms with van der Waals surface area (Å²) < 4.78 is 0.886. The monoisotopic (exact) mass is 605 g/mol. The third-order valence-electron chi connectivity index (χ3n) is 8.36. The van der Waals surface area contributed by atoms with Gasteiger partial charge in [-0.2, -0.15) is 0 Å². The zero-order valence-electron chi connectivity index (χ0n) is 22.6. The predicted octanol–water partition coefficient (Wildman–Crippen LogP) is 4.79. The third kappa shape index (κ3) is 6.54. The maximum absolute atomic E-state index is 14.0. The zero-order valence-corrected chi connectivity index (χ0v) is 24.2. The van der Waals surface area contributed by atoms with Gasteiger partial charge in [0, 0.05) is 36.4 Å². The van der Waals surface area contributed by atoms with Crippen molar-refractivity contribution in [3.05, 3.63) is 82.3 Å². The second kappa shape index (κ2) is 12.9. The molecule has 1 heterocycles. The van der Waals surface area contributed by atoms with Gasteiger partial charge in [-0.15, -0.1) is 0 Å². The Labute approximate surface area is 244 Å². The largest absolute Gasteiger partial charge is 0.352 e. The number of halogens is 1. The highest BCUT2D eigenvalue weighted by Gasteiger charge is 2.47. The molecule has 2 aromatic carbocycles. The number of amides is 4. The van der Waals surface area contributed by atoms with E-state index in [2.05, 4.69) is 21.2 Å². The Bertz CT molecular complexity index is 1250. The Kier molecular flexibility index (Phi) is 9.15. The molecular formula is C32H36BrN3O4. The highest BCUT2D eigenvalue weighted by molar-refractivity contribution is 9.10. The fraction of sp³-hybridized carbons (Fsp3) is 0.438. The Morgan fingerprint density at radius 3 is 2.23 bits per heavy atom. The molecule has 5 rings (SSSR count). The minimum Gasteiger partial charge on any atom is -0.352 e. The maximum atomic E-state index is 14.0. The number of rotatable bonds is 10. The van der Waals surface area contributed by atoms with Gasteiger partial charge in [-0.3, -0.25) is 24.1 Å². The number of fused-ring (bicyclic) bond motifs is 1. The SMILES string of the molecule is O=C(NC1CCCC1)[C@H](Cc1ccccc1)N(Cc1cccc(Br)c1)C(=O)CCN1C(=O)[C@H]2CC=CC[C@H]2C1=O. The number of allylic oxidation sites excluding steroid dienone is 2. The topological polar surface area (TPSA) is 86.8 Å². The number of hydrogen-bond donors (Lipinski definition) is 1. The predicted molar refractivity (Wildman–Crippen MR) is 156 cm³/mol. The summed E-state index contributed by atoms with van der Waals surface area (Å²) in [6.45, 7) is 0.270. The number of benzene rings is 2. The Hall–Kier alpha value is -3.26. The fourth-order valence-corrected chi connectivity index (χ4v) is 6.64. The van der Waals surface area contributed by atoms with Crippen molar-refractivity contribution in [1.29, 1.82) is 0 Å². The molecule has 3 atom stereocenters. The molecule has 4 amide bonds. The van der Waals surface area contributed by atoms with E-state index in [4.69, 9.17) is 0 Å². The van der Waals surface area contributed by atoms with Crippen LogP contribution in [0.1, 0.15) is 56.1 Å². The van der Waals surface area contributed by atoms with Crippen molar-refractivity contribution >= 4 is 39.6 Å². The van der Waals surface area contributed by atoms with E-state index in [1.807, 2.05) is 66.7 Å². The molecule has 1 aliphatic heterocycles. The van der Waals surface area contributed by atoms with Crippen molar-refractivity contribution in [2.75, 3.05) is 6.54 Å². The Morgan fingerprint density at radius 1 is 0.925 bits per heavy atom. The summed E-state index contributed by atoms with van der Waals surface area (Å²) >= 11 is 3.52. The van der Waals surface area contributed by atoms with Gasteiger partial charge in [0.25, 0.3) is 0 Å². The van der Waals surface area contributed by atoms with Gasteiger partial charge in [0.15, 0.2) is 0 Å². The molecule has 2 aromatic rings. The van der Waals surface area contributed by atoms with Crippen LogP contribution in [-0.4, -0.2) is 52.1 Å². The van der Waals surface area contributed by atoms with Crippen LogP contribution in [0.3, 0.4) is 0 Å².